The number of esters is 3. The van der Waals surface area contributed by atoms with E-state index in [4.69, 9.17) is 76.2 Å². The van der Waals surface area contributed by atoms with Crippen LogP contribution in [0.1, 0.15) is 218 Å². The van der Waals surface area contributed by atoms with Crippen molar-refractivity contribution in [3.63, 3.8) is 0 Å². The van der Waals surface area contributed by atoms with Gasteiger partial charge >= 0.3 is 23.9 Å². The molecular formula is C109H137N5O26. The summed E-state index contributed by atoms with van der Waals surface area (Å²) in [5.41, 5.74) is 6.34. The highest BCUT2D eigenvalue weighted by molar-refractivity contribution is 6.38. The van der Waals surface area contributed by atoms with Gasteiger partial charge in [-0.2, -0.15) is 0 Å². The summed E-state index contributed by atoms with van der Waals surface area (Å²) in [6.45, 7) is 11.3. The molecule has 3 saturated heterocycles. The lowest BCUT2D eigenvalue weighted by molar-refractivity contribution is -0.164. The van der Waals surface area contributed by atoms with Crippen molar-refractivity contribution in [1.82, 2.24) is 25.3 Å². The number of likely N-dealkylation sites (tertiary alicyclic amines) is 3. The van der Waals surface area contributed by atoms with E-state index >= 15 is 0 Å². The van der Waals surface area contributed by atoms with Crippen LogP contribution in [0.3, 0.4) is 0 Å². The summed E-state index contributed by atoms with van der Waals surface area (Å²) < 4.78 is 86.7. The second-order valence-electron chi connectivity index (χ2n) is 35.2. The van der Waals surface area contributed by atoms with Crippen LogP contribution in [0.15, 0.2) is 164 Å². The first-order valence-electron chi connectivity index (χ1n) is 48.1. The molecule has 0 saturated carbocycles. The Morgan fingerprint density at radius 1 is 0.379 bits per heavy atom. The largest absolute Gasteiger partial charge is 0.493 e. The van der Waals surface area contributed by atoms with E-state index in [1.54, 1.807) is 139 Å². The highest BCUT2D eigenvalue weighted by Gasteiger charge is 2.44. The number of nitrogens with one attached hydrogen (secondary N) is 2. The summed E-state index contributed by atoms with van der Waals surface area (Å²) >= 11 is 0. The Hall–Kier alpha value is -13.7. The average Bonchev–Trinajstić information content (AvgIpc) is 0.784. The van der Waals surface area contributed by atoms with Crippen LogP contribution >= 0.6 is 0 Å². The molecule has 3 N–H and O–H groups in total. The van der Waals surface area contributed by atoms with Crippen molar-refractivity contribution in [2.24, 2.45) is 5.41 Å². The van der Waals surface area contributed by atoms with Crippen LogP contribution in [0.5, 0.6) is 69.0 Å². The van der Waals surface area contributed by atoms with Gasteiger partial charge in [-0.3, -0.25) is 28.8 Å². The number of aryl methyl sites for hydroxylation is 4. The number of ether oxygens (including phenoxy) is 15. The molecule has 8 atom stereocenters. The summed E-state index contributed by atoms with van der Waals surface area (Å²) in [4.78, 5) is 140. The van der Waals surface area contributed by atoms with E-state index in [1.165, 1.54) is 26.2 Å². The summed E-state index contributed by atoms with van der Waals surface area (Å²) in [5, 5.41) is 14.5. The normalized spacial score (nSPS) is 15.7. The number of carboxylic acids is 1. The molecule has 3 aliphatic rings. The molecule has 11 rings (SSSR count). The van der Waals surface area contributed by atoms with Gasteiger partial charge in [-0.1, -0.05) is 126 Å². The van der Waals surface area contributed by atoms with Crippen molar-refractivity contribution < 1.29 is 124 Å². The third-order valence-corrected chi connectivity index (χ3v) is 25.9. The van der Waals surface area contributed by atoms with Crippen LogP contribution < -0.4 is 67.5 Å². The number of benzene rings is 8. The van der Waals surface area contributed by atoms with E-state index in [-0.39, 0.29) is 38.1 Å². The van der Waals surface area contributed by atoms with Crippen molar-refractivity contribution in [3.05, 3.63) is 214 Å². The fourth-order valence-electron chi connectivity index (χ4n) is 17.7. The first-order chi connectivity index (χ1) is 67.6. The van der Waals surface area contributed by atoms with E-state index in [0.29, 0.717) is 201 Å². The first-order valence-corrected chi connectivity index (χ1v) is 48.1. The minimum absolute atomic E-state index is 0.0755. The zero-order valence-electron chi connectivity index (χ0n) is 83.3. The molecule has 8 aromatic rings. The highest BCUT2D eigenvalue weighted by Crippen LogP contribution is 2.44. The fraction of sp³-hybridized carbons (Fsp3) is 0.468. The maximum atomic E-state index is 14.7. The molecule has 0 aromatic heterocycles. The molecule has 5 amide bonds. The molecule has 140 heavy (non-hydrogen) atoms. The number of amides is 5. The number of nitrogens with zero attached hydrogens (tertiary/aromatic N) is 3. The number of carboxylic acid groups (broad SMARTS) is 1. The summed E-state index contributed by atoms with van der Waals surface area (Å²) in [7, 11) is 14.0. The Morgan fingerprint density at radius 2 is 0.750 bits per heavy atom. The monoisotopic (exact) mass is 1930 g/mol. The number of piperidine rings is 3. The Kier molecular flexibility index (Phi) is 41.8. The Bertz CT molecular complexity index is 5200. The lowest BCUT2D eigenvalue weighted by Gasteiger charge is -2.37. The van der Waals surface area contributed by atoms with Gasteiger partial charge in [0.05, 0.1) is 75.8 Å². The zero-order valence-corrected chi connectivity index (χ0v) is 83.3. The fourth-order valence-corrected chi connectivity index (χ4v) is 17.7. The van der Waals surface area contributed by atoms with Crippen molar-refractivity contribution >= 4 is 59.2 Å². The van der Waals surface area contributed by atoms with Crippen LogP contribution in [0.4, 0.5) is 0 Å². The van der Waals surface area contributed by atoms with Gasteiger partial charge in [0, 0.05) is 38.1 Å². The highest BCUT2D eigenvalue weighted by atomic mass is 16.6. The second-order valence-corrected chi connectivity index (χ2v) is 35.2. The average molecular weight is 1930 g/mol. The maximum absolute atomic E-state index is 14.7. The van der Waals surface area contributed by atoms with Crippen LogP contribution in [0.25, 0.3) is 0 Å². The number of carbonyl (C=O) groups is 10. The molecule has 3 heterocycles. The van der Waals surface area contributed by atoms with Gasteiger partial charge in [0.15, 0.2) is 65.8 Å². The number of aliphatic carboxylic acids is 1. The van der Waals surface area contributed by atoms with Gasteiger partial charge in [0.25, 0.3) is 17.7 Å². The molecule has 0 spiro atoms. The van der Waals surface area contributed by atoms with Gasteiger partial charge in [0.2, 0.25) is 23.3 Å². The topological polar surface area (TPSA) is 363 Å². The molecule has 0 aliphatic carbocycles. The lowest BCUT2D eigenvalue weighted by atomic mass is 9.84. The van der Waals surface area contributed by atoms with Gasteiger partial charge in [-0.05, 0) is 251 Å². The van der Waals surface area contributed by atoms with Crippen LogP contribution in [-0.2, 0) is 87.8 Å². The van der Waals surface area contributed by atoms with Crippen LogP contribution in [0.2, 0.25) is 0 Å². The summed E-state index contributed by atoms with van der Waals surface area (Å²) in [6, 6.07) is 46.8. The number of rotatable bonds is 49. The molecule has 1 unspecified atom stereocenters. The number of hydrogen-bond acceptors (Lipinski definition) is 25. The summed E-state index contributed by atoms with van der Waals surface area (Å²) in [5.74, 6) is -0.584. The molecule has 31 heteroatoms. The predicted molar refractivity (Wildman–Crippen MR) is 525 cm³/mol. The number of hydrogen-bond donors (Lipinski definition) is 3. The maximum Gasteiger partial charge on any atom is 0.341 e. The van der Waals surface area contributed by atoms with Crippen molar-refractivity contribution in [1.29, 1.82) is 0 Å². The van der Waals surface area contributed by atoms with Gasteiger partial charge in [-0.15, -0.1) is 0 Å². The van der Waals surface area contributed by atoms with Crippen molar-refractivity contribution in [2.45, 2.75) is 212 Å². The van der Waals surface area contributed by atoms with Crippen molar-refractivity contribution in [3.8, 4) is 69.0 Å². The molecule has 0 bridgehead atoms. The Labute approximate surface area is 821 Å². The number of Topliss-reactive ketones (excluding diaryl/α,β-unsaturated/α-hetero) is 1. The Balaban J connectivity index is 0.000000442. The SMILES string of the molecule is CCC(C)(C)C(=O)C(=O)N1CCCCC1C(=O)O[C@H](CCc1ccccc1)c1cccc(OCC(=O)O)c1.CCc1cc([C@H](CC)C(=O)N2CCCC[C@H]2C(=O)O[C@H](CCc2ccc(OC)c(OC)c2)c2cccc(OCC(=O)NCCNC(=O)COc3cccc([C@@H](CCc4ccc(OC)c(OC)c4)OC(=O)[C@@H]4CCCCN4C(=O)[C@@H](CC)c4cc(OC)c(OC)c(OC)c4)c3)c2)cc(OC)c1OC. The van der Waals surface area contributed by atoms with Gasteiger partial charge < -0.3 is 101 Å². The molecule has 3 aliphatic heterocycles. The van der Waals surface area contributed by atoms with E-state index in [1.807, 2.05) is 119 Å². The van der Waals surface area contributed by atoms with E-state index in [9.17, 15) is 47.9 Å². The van der Waals surface area contributed by atoms with E-state index < -0.39 is 108 Å². The number of ketones is 1. The van der Waals surface area contributed by atoms with Gasteiger partial charge in [0.1, 0.15) is 53.7 Å². The van der Waals surface area contributed by atoms with E-state index in [0.717, 1.165) is 59.9 Å². The quantitative estimate of drug-likeness (QED) is 0.0138. The molecular weight excluding hydrogens is 1800 g/mol. The third-order valence-electron chi connectivity index (χ3n) is 25.9. The van der Waals surface area contributed by atoms with E-state index in [2.05, 4.69) is 10.6 Å². The second kappa shape index (κ2) is 54.0. The van der Waals surface area contributed by atoms with Crippen LogP contribution in [-0.4, -0.2) is 214 Å². The number of methoxy groups -OCH3 is 9. The third kappa shape index (κ3) is 29.4. The summed E-state index contributed by atoms with van der Waals surface area (Å²) in [6.07, 6.45) is 8.25. The smallest absolute Gasteiger partial charge is 0.341 e. The van der Waals surface area contributed by atoms with Crippen LogP contribution in [0, 0.1) is 5.41 Å². The van der Waals surface area contributed by atoms with Gasteiger partial charge in [-0.25, -0.2) is 19.2 Å². The predicted octanol–water partition coefficient (Wildman–Crippen LogP) is 16.4. The van der Waals surface area contributed by atoms with Crippen molar-refractivity contribution in [2.75, 3.05) is 117 Å². The minimum atomic E-state index is -1.09. The standard InChI is InChI=1S/C79H100N4O19.C30H37NO7/c1-13-52-42-55(45-69(94-8)74(52)97-11)59(14-2)76(86)82-38-18-16-26-61(82)78(88)101-63(32-28-50-30-34-65(90-4)67(40-50)92-6)53-22-20-24-57(43-53)99-48-72(84)80-36-37-81-73(85)49-100-58-25-21-23-54(44-58)64(33-29-51-31-35-66(91-5)68(41-51)93-7)102-79(89)62-27-17-19-39-83(62)77(87)60(15-3)56-46-70(95-9)75(98-12)71(47-56)96-10;1-4-30(2,3)27(34)28(35)31-18-9-8-15-24(31)29(36)38-25(17-16-21-11-6-5-7-12-21)22-13-10-14-23(19-22)37-20-26(32)33/h20-25,30-31,34-35,40-47,59-64H,13-19,26-29,32-33,36-39,48-49H2,1-12H3,(H,80,84)(H,81,85);5-7,10-14,19,24-25H,4,8-9,15-18,20H2,1-3H3,(H,32,33)/t59-,60-,61-,62-,63+,64+;24?,25-/m01/s1. The molecule has 0 radical (unpaired) electrons. The zero-order chi connectivity index (χ0) is 101. The molecule has 8 aromatic carbocycles. The molecule has 31 nitrogen and oxygen atoms in total. The molecule has 3 fully saturated rings. The Morgan fingerprint density at radius 3 is 1.12 bits per heavy atom. The first kappa shape index (κ1) is 108. The molecule has 754 valence electrons. The number of carbonyl (C=O) groups excluding carboxylic acids is 9. The minimum Gasteiger partial charge on any atom is -0.493 e. The lowest BCUT2D eigenvalue weighted by Crippen LogP contribution is -2.53.